The third-order valence-corrected chi connectivity index (χ3v) is 4.05. The van der Waals surface area contributed by atoms with E-state index in [0.717, 1.165) is 25.1 Å². The lowest BCUT2D eigenvalue weighted by Crippen LogP contribution is -2.40. The summed E-state index contributed by atoms with van der Waals surface area (Å²) in [4.78, 5) is 27.9. The molecule has 21 heavy (non-hydrogen) atoms. The molecule has 2 heterocycles. The van der Waals surface area contributed by atoms with Crippen LogP contribution >= 0.6 is 0 Å². The Morgan fingerprint density at radius 3 is 2.38 bits per heavy atom. The molecule has 2 fully saturated rings. The van der Waals surface area contributed by atoms with E-state index in [4.69, 9.17) is 4.74 Å². The van der Waals surface area contributed by atoms with Gasteiger partial charge in [0, 0.05) is 37.3 Å². The summed E-state index contributed by atoms with van der Waals surface area (Å²) in [5.74, 6) is 0.211. The lowest BCUT2D eigenvalue weighted by molar-refractivity contribution is -0.119. The molecule has 0 saturated carbocycles. The van der Waals surface area contributed by atoms with Crippen LogP contribution < -0.4 is 4.90 Å². The fourth-order valence-corrected chi connectivity index (χ4v) is 2.81. The van der Waals surface area contributed by atoms with Gasteiger partial charge < -0.3 is 14.5 Å². The molecule has 2 aliphatic rings. The van der Waals surface area contributed by atoms with Crippen molar-refractivity contribution in [1.82, 2.24) is 4.90 Å². The molecule has 2 saturated heterocycles. The van der Waals surface area contributed by atoms with Gasteiger partial charge in [0.1, 0.15) is 0 Å². The molecule has 0 N–H and O–H groups in total. The van der Waals surface area contributed by atoms with Crippen molar-refractivity contribution in [3.8, 4) is 0 Å². The summed E-state index contributed by atoms with van der Waals surface area (Å²) in [6, 6.07) is 7.37. The largest absolute Gasteiger partial charge is 0.378 e. The molecule has 112 valence electrons. The van der Waals surface area contributed by atoms with Gasteiger partial charge in [-0.15, -0.1) is 0 Å². The fraction of sp³-hybridized carbons (Fsp3) is 0.500. The predicted molar refractivity (Wildman–Crippen MR) is 79.4 cm³/mol. The van der Waals surface area contributed by atoms with Crippen LogP contribution in [0.15, 0.2) is 24.3 Å². The van der Waals surface area contributed by atoms with Crippen molar-refractivity contribution < 1.29 is 14.3 Å². The summed E-state index contributed by atoms with van der Waals surface area (Å²) in [6.07, 6.45) is 2.64. The van der Waals surface area contributed by atoms with Gasteiger partial charge in [-0.2, -0.15) is 0 Å². The van der Waals surface area contributed by atoms with E-state index >= 15 is 0 Å². The van der Waals surface area contributed by atoms with Crippen LogP contribution in [0, 0.1) is 0 Å². The van der Waals surface area contributed by atoms with Crippen LogP contribution in [-0.4, -0.2) is 49.6 Å². The summed E-state index contributed by atoms with van der Waals surface area (Å²) in [5, 5.41) is 0. The maximum atomic E-state index is 12.3. The van der Waals surface area contributed by atoms with Crippen LogP contribution in [0.25, 0.3) is 0 Å². The molecule has 0 radical (unpaired) electrons. The Balaban J connectivity index is 1.71. The van der Waals surface area contributed by atoms with Crippen LogP contribution in [0.5, 0.6) is 0 Å². The van der Waals surface area contributed by atoms with Crippen molar-refractivity contribution in [2.75, 3.05) is 37.7 Å². The average molecular weight is 288 g/mol. The van der Waals surface area contributed by atoms with Gasteiger partial charge >= 0.3 is 0 Å². The monoisotopic (exact) mass is 288 g/mol. The SMILES string of the molecule is O=C(c1ccc(N2CCCCC2=O)cc1)N1CCOCC1. The standard InChI is InChI=1S/C16H20N2O3/c19-15-3-1-2-8-18(15)14-6-4-13(5-7-14)16(20)17-9-11-21-12-10-17/h4-7H,1-3,8-12H2. The molecule has 5 heteroatoms. The topological polar surface area (TPSA) is 49.9 Å². The zero-order valence-corrected chi connectivity index (χ0v) is 12.1. The Morgan fingerprint density at radius 1 is 1.00 bits per heavy atom. The summed E-state index contributed by atoms with van der Waals surface area (Å²) < 4.78 is 5.26. The highest BCUT2D eigenvalue weighted by Crippen LogP contribution is 2.21. The molecule has 0 aromatic heterocycles. The molecule has 2 aliphatic heterocycles. The smallest absolute Gasteiger partial charge is 0.254 e. The molecule has 3 rings (SSSR count). The third-order valence-electron chi connectivity index (χ3n) is 4.05. The first-order valence-corrected chi connectivity index (χ1v) is 7.53. The Bertz CT molecular complexity index is 521. The summed E-state index contributed by atoms with van der Waals surface area (Å²) in [6.45, 7) is 3.27. The van der Waals surface area contributed by atoms with Crippen molar-refractivity contribution in [3.63, 3.8) is 0 Å². The Kier molecular flexibility index (Phi) is 4.20. The van der Waals surface area contributed by atoms with E-state index in [1.54, 1.807) is 0 Å². The number of benzene rings is 1. The van der Waals surface area contributed by atoms with Crippen LogP contribution in [0.3, 0.4) is 0 Å². The lowest BCUT2D eigenvalue weighted by atomic mass is 10.1. The van der Waals surface area contributed by atoms with E-state index in [1.165, 1.54) is 0 Å². The summed E-state index contributed by atoms with van der Waals surface area (Å²) >= 11 is 0. The molecule has 0 unspecified atom stereocenters. The zero-order valence-electron chi connectivity index (χ0n) is 12.1. The number of ether oxygens (including phenoxy) is 1. The van der Waals surface area contributed by atoms with Gasteiger partial charge in [0.25, 0.3) is 5.91 Å². The Labute approximate surface area is 124 Å². The van der Waals surface area contributed by atoms with Gasteiger partial charge in [0.05, 0.1) is 13.2 Å². The number of carbonyl (C=O) groups is 2. The second-order valence-corrected chi connectivity index (χ2v) is 5.45. The van der Waals surface area contributed by atoms with Crippen LogP contribution in [0.4, 0.5) is 5.69 Å². The molecule has 0 atom stereocenters. The molecule has 1 aromatic rings. The van der Waals surface area contributed by atoms with Gasteiger partial charge in [0.2, 0.25) is 5.91 Å². The van der Waals surface area contributed by atoms with Gasteiger partial charge in [-0.3, -0.25) is 9.59 Å². The highest BCUT2D eigenvalue weighted by Gasteiger charge is 2.21. The second-order valence-electron chi connectivity index (χ2n) is 5.45. The lowest BCUT2D eigenvalue weighted by Gasteiger charge is -2.28. The normalized spacial score (nSPS) is 19.7. The quantitative estimate of drug-likeness (QED) is 0.832. The van der Waals surface area contributed by atoms with E-state index in [1.807, 2.05) is 34.1 Å². The molecule has 5 nitrogen and oxygen atoms in total. The minimum atomic E-state index is 0.0369. The van der Waals surface area contributed by atoms with Crippen molar-refractivity contribution in [1.29, 1.82) is 0 Å². The van der Waals surface area contributed by atoms with Crippen molar-refractivity contribution in [3.05, 3.63) is 29.8 Å². The molecule has 2 amide bonds. The Morgan fingerprint density at radius 2 is 1.71 bits per heavy atom. The number of amides is 2. The molecular weight excluding hydrogens is 268 g/mol. The number of hydrogen-bond donors (Lipinski definition) is 0. The number of rotatable bonds is 2. The fourth-order valence-electron chi connectivity index (χ4n) is 2.81. The highest BCUT2D eigenvalue weighted by atomic mass is 16.5. The first-order valence-electron chi connectivity index (χ1n) is 7.53. The third kappa shape index (κ3) is 3.08. The maximum Gasteiger partial charge on any atom is 0.254 e. The van der Waals surface area contributed by atoms with Crippen LogP contribution in [0.1, 0.15) is 29.6 Å². The minimum absolute atomic E-state index is 0.0369. The number of piperidine rings is 1. The minimum Gasteiger partial charge on any atom is -0.378 e. The van der Waals surface area contributed by atoms with Gasteiger partial charge in [-0.25, -0.2) is 0 Å². The molecule has 0 spiro atoms. The summed E-state index contributed by atoms with van der Waals surface area (Å²) in [5.41, 5.74) is 1.56. The van der Waals surface area contributed by atoms with Crippen molar-refractivity contribution >= 4 is 17.5 Å². The number of carbonyl (C=O) groups excluding carboxylic acids is 2. The maximum absolute atomic E-state index is 12.3. The first-order chi connectivity index (χ1) is 10.3. The van der Waals surface area contributed by atoms with Crippen molar-refractivity contribution in [2.45, 2.75) is 19.3 Å². The summed E-state index contributed by atoms with van der Waals surface area (Å²) in [7, 11) is 0. The van der Waals surface area contributed by atoms with Crippen molar-refractivity contribution in [2.24, 2.45) is 0 Å². The number of nitrogens with zero attached hydrogens (tertiary/aromatic N) is 2. The second kappa shape index (κ2) is 6.26. The van der Waals surface area contributed by atoms with E-state index < -0.39 is 0 Å². The number of hydrogen-bond acceptors (Lipinski definition) is 3. The first kappa shape index (κ1) is 14.1. The van der Waals surface area contributed by atoms with E-state index in [2.05, 4.69) is 0 Å². The number of morpholine rings is 1. The molecule has 1 aromatic carbocycles. The van der Waals surface area contributed by atoms with E-state index in [9.17, 15) is 9.59 Å². The average Bonchev–Trinajstić information content (AvgIpc) is 2.56. The predicted octanol–water partition coefficient (Wildman–Crippen LogP) is 1.68. The van der Waals surface area contributed by atoms with Gasteiger partial charge in [-0.05, 0) is 37.1 Å². The van der Waals surface area contributed by atoms with Crippen LogP contribution in [0.2, 0.25) is 0 Å². The molecule has 0 bridgehead atoms. The highest BCUT2D eigenvalue weighted by molar-refractivity contribution is 5.97. The molecular formula is C16H20N2O3. The Hall–Kier alpha value is -1.88. The van der Waals surface area contributed by atoms with Crippen LogP contribution in [-0.2, 0) is 9.53 Å². The number of anilines is 1. The zero-order chi connectivity index (χ0) is 14.7. The van der Waals surface area contributed by atoms with Gasteiger partial charge in [0.15, 0.2) is 0 Å². The molecule has 0 aliphatic carbocycles. The van der Waals surface area contributed by atoms with Gasteiger partial charge in [-0.1, -0.05) is 0 Å². The van der Waals surface area contributed by atoms with E-state index in [-0.39, 0.29) is 11.8 Å². The van der Waals surface area contributed by atoms with E-state index in [0.29, 0.717) is 38.3 Å².